The van der Waals surface area contributed by atoms with Gasteiger partial charge in [-0.15, -0.1) is 20.4 Å². The highest BCUT2D eigenvalue weighted by atomic mass is 79.9. The van der Waals surface area contributed by atoms with Crippen molar-refractivity contribution in [2.24, 2.45) is 0 Å². The number of fused-ring (bicyclic) bond motifs is 2. The minimum absolute atomic E-state index is 0.00380. The normalized spacial score (nSPS) is 21.8. The molecule has 2 N–H and O–H groups in total. The van der Waals surface area contributed by atoms with E-state index in [1.165, 1.54) is 16.9 Å². The third-order valence-corrected chi connectivity index (χ3v) is 10.7. The Morgan fingerprint density at radius 3 is 2.26 bits per heavy atom. The molecule has 0 bridgehead atoms. The fraction of sp³-hybridized carbons (Fsp3) is 0.370. The van der Waals surface area contributed by atoms with Crippen LogP contribution in [-0.2, 0) is 35.2 Å². The molecule has 4 atom stereocenters. The van der Waals surface area contributed by atoms with Crippen molar-refractivity contribution in [2.45, 2.75) is 50.2 Å². The minimum Gasteiger partial charge on any atom is -0.487 e. The topological polar surface area (TPSA) is 124 Å². The third kappa shape index (κ3) is 6.60. The van der Waals surface area contributed by atoms with E-state index in [-0.39, 0.29) is 24.3 Å². The lowest BCUT2D eigenvalue weighted by Gasteiger charge is -2.08. The summed E-state index contributed by atoms with van der Waals surface area (Å²) in [6, 6.07) is 11.8. The Kier molecular flexibility index (Phi) is 8.38. The highest BCUT2D eigenvalue weighted by Crippen LogP contribution is 2.39. The summed E-state index contributed by atoms with van der Waals surface area (Å²) in [6.07, 6.45) is 2.35. The van der Waals surface area contributed by atoms with Crippen LogP contribution >= 0.6 is 66.3 Å². The number of carbonyl (C=O) groups is 1. The molecule has 5 heterocycles. The number of amides is 1. The second-order valence-corrected chi connectivity index (χ2v) is 15.1. The second kappa shape index (κ2) is 12.4. The zero-order valence-electron chi connectivity index (χ0n) is 21.9. The van der Waals surface area contributed by atoms with Gasteiger partial charge >= 0.3 is 0 Å². The van der Waals surface area contributed by atoms with Crippen LogP contribution in [0.2, 0.25) is 0 Å². The number of ether oxygens (including phenoxy) is 3. The van der Waals surface area contributed by atoms with Crippen molar-refractivity contribution >= 4 is 82.5 Å². The number of halogens is 2. The molecule has 2 aromatic carbocycles. The second-order valence-electron chi connectivity index (χ2n) is 9.94. The highest BCUT2D eigenvalue weighted by molar-refractivity contribution is 9.10. The van der Waals surface area contributed by atoms with Crippen LogP contribution in [0.4, 0.5) is 10.3 Å². The average Bonchev–Trinajstić information content (AvgIpc) is 3.43. The molecule has 10 nitrogen and oxygen atoms in total. The van der Waals surface area contributed by atoms with E-state index < -0.39 is 6.10 Å². The van der Waals surface area contributed by atoms with Gasteiger partial charge in [-0.3, -0.25) is 10.1 Å². The summed E-state index contributed by atoms with van der Waals surface area (Å²) >= 11 is 11.8. The molecule has 3 aliphatic rings. The first-order chi connectivity index (χ1) is 20.5. The van der Waals surface area contributed by atoms with Crippen LogP contribution in [0.3, 0.4) is 0 Å². The summed E-state index contributed by atoms with van der Waals surface area (Å²) in [5.74, 6) is 3.30. The first-order valence-electron chi connectivity index (χ1n) is 13.3. The van der Waals surface area contributed by atoms with Gasteiger partial charge < -0.3 is 19.5 Å². The number of rotatable bonds is 11. The third-order valence-electron chi connectivity index (χ3n) is 6.95. The van der Waals surface area contributed by atoms with Crippen molar-refractivity contribution in [3.63, 3.8) is 0 Å². The van der Waals surface area contributed by atoms with E-state index in [0.717, 1.165) is 71.9 Å². The van der Waals surface area contributed by atoms with Crippen LogP contribution in [0.1, 0.15) is 21.1 Å². The lowest BCUT2D eigenvalue weighted by Crippen LogP contribution is -2.31. The Morgan fingerprint density at radius 2 is 1.52 bits per heavy atom. The van der Waals surface area contributed by atoms with Gasteiger partial charge in [-0.2, -0.15) is 11.8 Å². The molecule has 0 saturated carbocycles. The molecule has 0 aliphatic carbocycles. The molecule has 2 aromatic heterocycles. The monoisotopic (exact) mass is 750 g/mol. The molecule has 15 heteroatoms. The summed E-state index contributed by atoms with van der Waals surface area (Å²) in [7, 11) is 0. The maximum absolute atomic E-state index is 12.7. The standard InChI is InChI=1S/C27H24Br2N6O4S3/c28-15-1-3-17-13(9-15)11-19(37-17)23-25(39-23)31-27-35-33-22(42-27)6-8-40-7-5-21-32-34-26(41-21)30-24(36)20-12-14-10-16(29)2-4-18(14)38-20/h1-4,9-10,19-20,23,25H,5-8,11-12H2,(H,31,35)(H,30,34,36). The molecule has 0 spiro atoms. The minimum atomic E-state index is -0.562. The number of thioether (sulfide) groups is 1. The molecule has 218 valence electrons. The van der Waals surface area contributed by atoms with Crippen molar-refractivity contribution < 1.29 is 19.0 Å². The van der Waals surface area contributed by atoms with Crippen molar-refractivity contribution in [1.29, 1.82) is 0 Å². The number of nitrogens with zero attached hydrogens (tertiary/aromatic N) is 4. The van der Waals surface area contributed by atoms with Crippen LogP contribution in [-0.4, -0.2) is 62.3 Å². The van der Waals surface area contributed by atoms with Gasteiger partial charge in [0.25, 0.3) is 5.91 Å². The number of aryl methyl sites for hydroxylation is 2. The van der Waals surface area contributed by atoms with Gasteiger partial charge in [0.05, 0.1) is 0 Å². The van der Waals surface area contributed by atoms with Gasteiger partial charge in [-0.25, -0.2) is 0 Å². The maximum atomic E-state index is 12.7. The molecule has 42 heavy (non-hydrogen) atoms. The van der Waals surface area contributed by atoms with E-state index in [0.29, 0.717) is 11.6 Å². The van der Waals surface area contributed by atoms with E-state index >= 15 is 0 Å². The molecule has 1 saturated heterocycles. The SMILES string of the molecule is O=C(Nc1nnc(CCSCCc2nnc(NC3OC3C3Cc4cc(Br)ccc4O3)s2)s1)C1Cc2cc(Br)ccc2O1. The number of hydrogen-bond donors (Lipinski definition) is 2. The predicted molar refractivity (Wildman–Crippen MR) is 170 cm³/mol. The summed E-state index contributed by atoms with van der Waals surface area (Å²) in [6.45, 7) is 0. The smallest absolute Gasteiger partial charge is 0.267 e. The maximum Gasteiger partial charge on any atom is 0.267 e. The Hall–Kier alpha value is -2.30. The van der Waals surface area contributed by atoms with E-state index in [4.69, 9.17) is 14.2 Å². The van der Waals surface area contributed by atoms with Crippen molar-refractivity contribution in [1.82, 2.24) is 20.4 Å². The van der Waals surface area contributed by atoms with Crippen LogP contribution < -0.4 is 20.1 Å². The lowest BCUT2D eigenvalue weighted by atomic mass is 10.1. The van der Waals surface area contributed by atoms with E-state index in [2.05, 4.69) is 69.0 Å². The Labute approximate surface area is 270 Å². The molecular weight excluding hydrogens is 728 g/mol. The summed E-state index contributed by atoms with van der Waals surface area (Å²) < 4.78 is 19.7. The number of benzene rings is 2. The van der Waals surface area contributed by atoms with Crippen molar-refractivity contribution in [3.05, 3.63) is 66.5 Å². The van der Waals surface area contributed by atoms with Crippen LogP contribution in [0.5, 0.6) is 11.5 Å². The number of carbonyl (C=O) groups excluding carboxylic acids is 1. The Bertz CT molecular complexity index is 1620. The molecule has 1 amide bonds. The van der Waals surface area contributed by atoms with E-state index in [1.54, 1.807) is 11.3 Å². The summed E-state index contributed by atoms with van der Waals surface area (Å²) in [4.78, 5) is 12.7. The van der Waals surface area contributed by atoms with Crippen molar-refractivity contribution in [2.75, 3.05) is 22.1 Å². The first-order valence-corrected chi connectivity index (χ1v) is 17.7. The molecule has 3 aliphatic heterocycles. The predicted octanol–water partition coefficient (Wildman–Crippen LogP) is 5.52. The molecule has 0 radical (unpaired) electrons. The number of hydrogen-bond acceptors (Lipinski definition) is 12. The van der Waals surface area contributed by atoms with Gasteiger partial charge in [0.1, 0.15) is 33.7 Å². The number of anilines is 2. The lowest BCUT2D eigenvalue weighted by molar-refractivity contribution is -0.122. The Balaban J connectivity index is 0.792. The van der Waals surface area contributed by atoms with Gasteiger partial charge in [0, 0.05) is 34.6 Å². The molecule has 4 unspecified atom stereocenters. The fourth-order valence-corrected chi connectivity index (χ4v) is 8.32. The quantitative estimate of drug-likeness (QED) is 0.150. The molecule has 7 rings (SSSR count). The van der Waals surface area contributed by atoms with Gasteiger partial charge in [0.15, 0.2) is 12.3 Å². The van der Waals surface area contributed by atoms with Gasteiger partial charge in [0.2, 0.25) is 10.3 Å². The van der Waals surface area contributed by atoms with Crippen molar-refractivity contribution in [3.8, 4) is 11.5 Å². The summed E-state index contributed by atoms with van der Waals surface area (Å²) in [5.41, 5.74) is 2.22. The number of epoxide rings is 1. The molecular formula is C27H24Br2N6O4S3. The zero-order chi connectivity index (χ0) is 28.6. The van der Waals surface area contributed by atoms with E-state index in [9.17, 15) is 4.79 Å². The van der Waals surface area contributed by atoms with Crippen LogP contribution in [0, 0.1) is 0 Å². The van der Waals surface area contributed by atoms with Gasteiger partial charge in [-0.1, -0.05) is 54.5 Å². The van der Waals surface area contributed by atoms with Crippen LogP contribution in [0.15, 0.2) is 45.3 Å². The zero-order valence-corrected chi connectivity index (χ0v) is 27.5. The fourth-order valence-electron chi connectivity index (χ4n) is 4.86. The number of nitrogens with one attached hydrogen (secondary N) is 2. The molecule has 4 aromatic rings. The highest BCUT2D eigenvalue weighted by Gasteiger charge is 2.49. The molecule has 1 fully saturated rings. The number of aromatic nitrogens is 4. The van der Waals surface area contributed by atoms with Gasteiger partial charge in [-0.05, 0) is 59.0 Å². The first kappa shape index (κ1) is 28.5. The average molecular weight is 753 g/mol. The van der Waals surface area contributed by atoms with E-state index in [1.807, 2.05) is 42.1 Å². The summed E-state index contributed by atoms with van der Waals surface area (Å²) in [5, 5.41) is 26.3. The van der Waals surface area contributed by atoms with Crippen LogP contribution in [0.25, 0.3) is 0 Å². The largest absolute Gasteiger partial charge is 0.487 e. The Morgan fingerprint density at radius 1 is 0.881 bits per heavy atom.